The second kappa shape index (κ2) is 5.04. The molecule has 6 heteroatoms. The fraction of sp³-hybridized carbons (Fsp3) is 0.538. The van der Waals surface area contributed by atoms with Crippen LogP contribution in [0.3, 0.4) is 0 Å². The molecule has 0 aromatic heterocycles. The van der Waals surface area contributed by atoms with Crippen LogP contribution in [0.4, 0.5) is 4.39 Å². The van der Waals surface area contributed by atoms with E-state index in [1.165, 1.54) is 18.2 Å². The molecule has 1 saturated carbocycles. The summed E-state index contributed by atoms with van der Waals surface area (Å²) in [6, 6.07) is 4.20. The van der Waals surface area contributed by atoms with Gasteiger partial charge in [0.05, 0.1) is 10.9 Å². The van der Waals surface area contributed by atoms with Gasteiger partial charge >= 0.3 is 0 Å². The predicted molar refractivity (Wildman–Crippen MR) is 72.5 cm³/mol. The zero-order valence-electron chi connectivity index (χ0n) is 10.6. The highest BCUT2D eigenvalue weighted by Gasteiger charge is 2.47. The molecular formula is C13H16ClFO3S. The van der Waals surface area contributed by atoms with Gasteiger partial charge in [0.15, 0.2) is 9.84 Å². The SMILES string of the molecule is CS(=O)(=O)C1CCCC1(O)Cc1ccc(Cl)cc1F. The molecule has 2 atom stereocenters. The van der Waals surface area contributed by atoms with E-state index in [1.54, 1.807) is 0 Å². The molecule has 0 spiro atoms. The molecule has 3 nitrogen and oxygen atoms in total. The van der Waals surface area contributed by atoms with Crippen molar-refractivity contribution in [3.8, 4) is 0 Å². The molecule has 2 unspecified atom stereocenters. The fourth-order valence-electron chi connectivity index (χ4n) is 2.83. The lowest BCUT2D eigenvalue weighted by Crippen LogP contribution is -2.44. The first-order chi connectivity index (χ1) is 8.72. The molecule has 1 aromatic rings. The van der Waals surface area contributed by atoms with Crippen LogP contribution in [0.25, 0.3) is 0 Å². The van der Waals surface area contributed by atoms with Gasteiger partial charge in [-0.15, -0.1) is 0 Å². The number of hydrogen-bond acceptors (Lipinski definition) is 3. The molecule has 2 rings (SSSR count). The number of benzene rings is 1. The van der Waals surface area contributed by atoms with Crippen LogP contribution in [0.15, 0.2) is 18.2 Å². The van der Waals surface area contributed by atoms with Gasteiger partial charge < -0.3 is 5.11 Å². The Kier molecular flexibility index (Phi) is 3.91. The van der Waals surface area contributed by atoms with Crippen molar-refractivity contribution in [2.45, 2.75) is 36.5 Å². The Morgan fingerprint density at radius 2 is 2.21 bits per heavy atom. The highest BCUT2D eigenvalue weighted by Crippen LogP contribution is 2.37. The van der Waals surface area contributed by atoms with Crippen LogP contribution in [-0.4, -0.2) is 30.6 Å². The molecule has 1 aromatic carbocycles. The minimum absolute atomic E-state index is 0.00621. The molecule has 1 aliphatic rings. The summed E-state index contributed by atoms with van der Waals surface area (Å²) in [7, 11) is -3.35. The number of halogens is 2. The van der Waals surface area contributed by atoms with Crippen molar-refractivity contribution >= 4 is 21.4 Å². The zero-order chi connectivity index (χ0) is 14.3. The lowest BCUT2D eigenvalue weighted by Gasteiger charge is -2.29. The summed E-state index contributed by atoms with van der Waals surface area (Å²) in [5, 5.41) is 10.0. The average molecular weight is 307 g/mol. The van der Waals surface area contributed by atoms with Crippen LogP contribution in [0.5, 0.6) is 0 Å². The Labute approximate surface area is 117 Å². The van der Waals surface area contributed by atoms with Gasteiger partial charge in [0.1, 0.15) is 5.82 Å². The summed E-state index contributed by atoms with van der Waals surface area (Å²) in [6.07, 6.45) is 2.53. The van der Waals surface area contributed by atoms with Crippen molar-refractivity contribution in [1.29, 1.82) is 0 Å². The third-order valence-electron chi connectivity index (χ3n) is 3.70. The summed E-state index contributed by atoms with van der Waals surface area (Å²) in [5.74, 6) is -0.514. The quantitative estimate of drug-likeness (QED) is 0.932. The second-order valence-corrected chi connectivity index (χ2v) is 7.89. The van der Waals surface area contributed by atoms with Crippen LogP contribution in [0.2, 0.25) is 5.02 Å². The Hall–Kier alpha value is -0.650. The zero-order valence-corrected chi connectivity index (χ0v) is 12.1. The first-order valence-corrected chi connectivity index (χ1v) is 8.41. The van der Waals surface area contributed by atoms with Gasteiger partial charge in [0.25, 0.3) is 0 Å². The summed E-state index contributed by atoms with van der Waals surface area (Å²) >= 11 is 5.67. The molecule has 0 bridgehead atoms. The maximum atomic E-state index is 13.8. The standard InChI is InChI=1S/C13H16ClFO3S/c1-19(17,18)12-3-2-6-13(12,16)8-9-4-5-10(14)7-11(9)15/h4-5,7,12,16H,2-3,6,8H2,1H3. The molecule has 1 aliphatic carbocycles. The Morgan fingerprint density at radius 1 is 1.53 bits per heavy atom. The lowest BCUT2D eigenvalue weighted by atomic mass is 9.92. The summed E-state index contributed by atoms with van der Waals surface area (Å²) in [6.45, 7) is 0. The second-order valence-electron chi connectivity index (χ2n) is 5.23. The monoisotopic (exact) mass is 306 g/mol. The summed E-state index contributed by atoms with van der Waals surface area (Å²) < 4.78 is 37.2. The first-order valence-electron chi connectivity index (χ1n) is 6.07. The van der Waals surface area contributed by atoms with Crippen molar-refractivity contribution in [2.24, 2.45) is 0 Å². The van der Waals surface area contributed by atoms with Gasteiger partial charge in [-0.3, -0.25) is 0 Å². The van der Waals surface area contributed by atoms with E-state index in [0.717, 1.165) is 6.26 Å². The van der Waals surface area contributed by atoms with Crippen molar-refractivity contribution < 1.29 is 17.9 Å². The van der Waals surface area contributed by atoms with E-state index >= 15 is 0 Å². The van der Waals surface area contributed by atoms with Gasteiger partial charge in [-0.1, -0.05) is 17.7 Å². The van der Waals surface area contributed by atoms with E-state index in [2.05, 4.69) is 0 Å². The number of aliphatic hydroxyl groups is 1. The van der Waals surface area contributed by atoms with Gasteiger partial charge in [-0.05, 0) is 37.0 Å². The topological polar surface area (TPSA) is 54.4 Å². The molecule has 0 saturated heterocycles. The third kappa shape index (κ3) is 3.09. The molecule has 19 heavy (non-hydrogen) atoms. The molecule has 1 fully saturated rings. The Bertz CT molecular complexity index is 588. The van der Waals surface area contributed by atoms with Gasteiger partial charge in [-0.2, -0.15) is 0 Å². The molecule has 0 amide bonds. The van der Waals surface area contributed by atoms with Crippen LogP contribution in [0.1, 0.15) is 24.8 Å². The first kappa shape index (κ1) is 14.8. The van der Waals surface area contributed by atoms with E-state index in [0.29, 0.717) is 24.8 Å². The van der Waals surface area contributed by atoms with Gasteiger partial charge in [0.2, 0.25) is 0 Å². The van der Waals surface area contributed by atoms with Crippen molar-refractivity contribution in [2.75, 3.05) is 6.26 Å². The highest BCUT2D eigenvalue weighted by atomic mass is 35.5. The van der Waals surface area contributed by atoms with E-state index in [4.69, 9.17) is 11.6 Å². The predicted octanol–water partition coefficient (Wildman–Crippen LogP) is 2.35. The lowest BCUT2D eigenvalue weighted by molar-refractivity contribution is 0.0504. The summed E-state index contributed by atoms with van der Waals surface area (Å²) in [5.41, 5.74) is -1.09. The normalized spacial score (nSPS) is 27.7. The van der Waals surface area contributed by atoms with Crippen LogP contribution < -0.4 is 0 Å². The molecular weight excluding hydrogens is 291 g/mol. The Balaban J connectivity index is 2.30. The maximum Gasteiger partial charge on any atom is 0.153 e. The van der Waals surface area contributed by atoms with E-state index < -0.39 is 26.5 Å². The van der Waals surface area contributed by atoms with E-state index in [-0.39, 0.29) is 11.4 Å². The number of sulfone groups is 1. The smallest absolute Gasteiger partial charge is 0.153 e. The molecule has 106 valence electrons. The number of rotatable bonds is 3. The van der Waals surface area contributed by atoms with Crippen LogP contribution in [0, 0.1) is 5.82 Å². The molecule has 0 aliphatic heterocycles. The minimum atomic E-state index is -3.35. The van der Waals surface area contributed by atoms with Crippen LogP contribution >= 0.6 is 11.6 Å². The fourth-order valence-corrected chi connectivity index (χ4v) is 4.58. The highest BCUT2D eigenvalue weighted by molar-refractivity contribution is 7.91. The largest absolute Gasteiger partial charge is 0.388 e. The van der Waals surface area contributed by atoms with E-state index in [1.807, 2.05) is 0 Å². The van der Waals surface area contributed by atoms with Crippen molar-refractivity contribution in [3.05, 3.63) is 34.6 Å². The molecule has 0 radical (unpaired) electrons. The Morgan fingerprint density at radius 3 is 2.79 bits per heavy atom. The van der Waals surface area contributed by atoms with E-state index in [9.17, 15) is 17.9 Å². The number of hydrogen-bond donors (Lipinski definition) is 1. The van der Waals surface area contributed by atoms with Gasteiger partial charge in [-0.25, -0.2) is 12.8 Å². The summed E-state index contributed by atoms with van der Waals surface area (Å²) in [4.78, 5) is 0. The average Bonchev–Trinajstić information content (AvgIpc) is 2.64. The van der Waals surface area contributed by atoms with Crippen molar-refractivity contribution in [3.63, 3.8) is 0 Å². The molecule has 0 heterocycles. The van der Waals surface area contributed by atoms with Crippen molar-refractivity contribution in [1.82, 2.24) is 0 Å². The minimum Gasteiger partial charge on any atom is -0.388 e. The van der Waals surface area contributed by atoms with Crippen LogP contribution in [-0.2, 0) is 16.3 Å². The van der Waals surface area contributed by atoms with Gasteiger partial charge in [0, 0.05) is 17.7 Å². The third-order valence-corrected chi connectivity index (χ3v) is 5.65. The molecule has 1 N–H and O–H groups in total. The maximum absolute atomic E-state index is 13.8.